The molecule has 1 aromatic heterocycles. The van der Waals surface area contributed by atoms with E-state index in [-0.39, 0.29) is 18.7 Å². The van der Waals surface area contributed by atoms with E-state index >= 15 is 0 Å². The highest BCUT2D eigenvalue weighted by molar-refractivity contribution is 5.98. The maximum absolute atomic E-state index is 13.5. The zero-order valence-corrected chi connectivity index (χ0v) is 13.3. The van der Waals surface area contributed by atoms with Crippen molar-refractivity contribution in [1.82, 2.24) is 15.1 Å². The molecule has 1 N–H and O–H groups in total. The Bertz CT molecular complexity index is 815. The average Bonchev–Trinajstić information content (AvgIpc) is 2.94. The maximum atomic E-state index is 13.5. The minimum Gasteiger partial charge on any atom is -0.352 e. The first-order valence-electron chi connectivity index (χ1n) is 7.55. The van der Waals surface area contributed by atoms with Crippen molar-refractivity contribution in [3.05, 3.63) is 47.3 Å². The van der Waals surface area contributed by atoms with Crippen LogP contribution in [0.25, 0.3) is 0 Å². The van der Waals surface area contributed by atoms with Crippen LogP contribution in [0.1, 0.15) is 21.7 Å². The molecule has 1 aliphatic heterocycles. The van der Waals surface area contributed by atoms with Gasteiger partial charge in [0.25, 0.3) is 5.91 Å². The van der Waals surface area contributed by atoms with E-state index in [0.717, 1.165) is 0 Å². The molecule has 0 atom stereocenters. The summed E-state index contributed by atoms with van der Waals surface area (Å²) in [7, 11) is 1.47. The number of benzene rings is 1. The van der Waals surface area contributed by atoms with Crippen LogP contribution in [0.3, 0.4) is 0 Å². The van der Waals surface area contributed by atoms with Gasteiger partial charge in [0.15, 0.2) is 5.69 Å². The number of para-hydroxylation sites is 1. The van der Waals surface area contributed by atoms with Crippen LogP contribution < -0.4 is 10.2 Å². The average molecular weight is 352 g/mol. The van der Waals surface area contributed by atoms with E-state index in [1.807, 2.05) is 0 Å². The Morgan fingerprint density at radius 2 is 2.00 bits per heavy atom. The van der Waals surface area contributed by atoms with Crippen LogP contribution >= 0.6 is 0 Å². The predicted molar refractivity (Wildman–Crippen MR) is 83.1 cm³/mol. The molecule has 9 heteroatoms. The lowest BCUT2D eigenvalue weighted by atomic mass is 10.1. The summed E-state index contributed by atoms with van der Waals surface area (Å²) >= 11 is 0. The number of likely N-dealkylation sites (N-methyl/N-ethyl adjacent to an activating group) is 1. The molecule has 0 unspecified atom stereocenters. The van der Waals surface area contributed by atoms with Crippen molar-refractivity contribution in [2.45, 2.75) is 19.1 Å². The van der Waals surface area contributed by atoms with Crippen LogP contribution in [-0.2, 0) is 23.9 Å². The third-order valence-corrected chi connectivity index (χ3v) is 3.97. The number of nitrogens with zero attached hydrogens (tertiary/aromatic N) is 3. The molecule has 2 amide bonds. The van der Waals surface area contributed by atoms with Gasteiger partial charge < -0.3 is 10.2 Å². The van der Waals surface area contributed by atoms with Crippen molar-refractivity contribution < 1.29 is 22.8 Å². The lowest BCUT2D eigenvalue weighted by Crippen LogP contribution is -2.34. The molecule has 6 nitrogen and oxygen atoms in total. The minimum absolute atomic E-state index is 0.0613. The van der Waals surface area contributed by atoms with Crippen LogP contribution in [0.5, 0.6) is 0 Å². The number of amides is 2. The third kappa shape index (κ3) is 3.21. The molecule has 0 saturated carbocycles. The number of fused-ring (bicyclic) bond motifs is 1. The zero-order valence-electron chi connectivity index (χ0n) is 13.3. The fourth-order valence-corrected chi connectivity index (χ4v) is 2.74. The summed E-state index contributed by atoms with van der Waals surface area (Å²) in [4.78, 5) is 25.5. The highest BCUT2D eigenvalue weighted by Gasteiger charge is 2.43. The molecule has 0 radical (unpaired) electrons. The number of aromatic nitrogens is 2. The van der Waals surface area contributed by atoms with Gasteiger partial charge in [-0.2, -0.15) is 18.3 Å². The molecule has 132 valence electrons. The number of anilines is 1. The lowest BCUT2D eigenvalue weighted by Gasteiger charge is -2.18. The second-order valence-electron chi connectivity index (χ2n) is 5.62. The minimum atomic E-state index is -4.79. The summed E-state index contributed by atoms with van der Waals surface area (Å²) in [6, 6.07) is 8.55. The molecule has 0 spiro atoms. The van der Waals surface area contributed by atoms with E-state index in [1.54, 1.807) is 30.3 Å². The van der Waals surface area contributed by atoms with Gasteiger partial charge in [0.1, 0.15) is 6.54 Å². The van der Waals surface area contributed by atoms with E-state index in [1.165, 1.54) is 11.9 Å². The van der Waals surface area contributed by atoms with Crippen molar-refractivity contribution in [3.8, 4) is 0 Å². The Kier molecular flexibility index (Phi) is 4.23. The van der Waals surface area contributed by atoms with E-state index in [0.29, 0.717) is 10.4 Å². The second-order valence-corrected chi connectivity index (χ2v) is 5.62. The predicted octanol–water partition coefficient (Wildman–Crippen LogP) is 1.85. The molecule has 0 fully saturated rings. The van der Waals surface area contributed by atoms with E-state index < -0.39 is 35.8 Å². The van der Waals surface area contributed by atoms with Crippen LogP contribution in [0, 0.1) is 0 Å². The summed E-state index contributed by atoms with van der Waals surface area (Å²) in [5, 5.41) is 6.25. The van der Waals surface area contributed by atoms with Crippen LogP contribution in [0.2, 0.25) is 0 Å². The smallest absolute Gasteiger partial charge is 0.352 e. The van der Waals surface area contributed by atoms with Crippen molar-refractivity contribution in [3.63, 3.8) is 0 Å². The molecule has 0 bridgehead atoms. The third-order valence-electron chi connectivity index (χ3n) is 3.97. The standard InChI is InChI=1S/C16H15F3N4O2/c1-22(10-5-3-2-4-6-10)12(24)9-23-14(16(17,18)19)13-11(21-23)7-8-20-15(13)25/h2-6H,7-9H2,1H3,(H,20,25). The molecule has 2 aromatic rings. The Labute approximate surface area is 141 Å². The summed E-state index contributed by atoms with van der Waals surface area (Å²) in [5.74, 6) is -1.39. The quantitative estimate of drug-likeness (QED) is 0.917. The Hall–Kier alpha value is -2.84. The van der Waals surface area contributed by atoms with E-state index in [9.17, 15) is 22.8 Å². The fourth-order valence-electron chi connectivity index (χ4n) is 2.74. The molecule has 1 aliphatic rings. The molecule has 25 heavy (non-hydrogen) atoms. The normalized spacial score (nSPS) is 14.0. The number of alkyl halides is 3. The van der Waals surface area contributed by atoms with Crippen molar-refractivity contribution >= 4 is 17.5 Å². The van der Waals surface area contributed by atoms with Crippen molar-refractivity contribution in [2.75, 3.05) is 18.5 Å². The van der Waals surface area contributed by atoms with E-state index in [4.69, 9.17) is 0 Å². The van der Waals surface area contributed by atoms with Crippen molar-refractivity contribution in [2.24, 2.45) is 0 Å². The fraction of sp³-hybridized carbons (Fsp3) is 0.312. The molecule has 2 heterocycles. The zero-order chi connectivity index (χ0) is 18.2. The van der Waals surface area contributed by atoms with Crippen LogP contribution in [-0.4, -0.2) is 35.2 Å². The second kappa shape index (κ2) is 6.23. The van der Waals surface area contributed by atoms with Gasteiger partial charge in [0.2, 0.25) is 5.91 Å². The first-order chi connectivity index (χ1) is 11.8. The SMILES string of the molecule is CN(C(=O)Cn1nc2c(c1C(F)(F)F)C(=O)NCC2)c1ccccc1. The number of hydrogen-bond donors (Lipinski definition) is 1. The first-order valence-corrected chi connectivity index (χ1v) is 7.55. The number of rotatable bonds is 3. The van der Waals surface area contributed by atoms with Gasteiger partial charge in [-0.05, 0) is 12.1 Å². The molecular formula is C16H15F3N4O2. The Balaban J connectivity index is 1.95. The molecule has 1 aromatic carbocycles. The molecule has 0 saturated heterocycles. The van der Waals surface area contributed by atoms with Crippen LogP contribution in [0.4, 0.5) is 18.9 Å². The van der Waals surface area contributed by atoms with E-state index in [2.05, 4.69) is 10.4 Å². The monoisotopic (exact) mass is 352 g/mol. The number of nitrogens with one attached hydrogen (secondary N) is 1. The summed E-state index contributed by atoms with van der Waals surface area (Å²) in [6.45, 7) is -0.390. The highest BCUT2D eigenvalue weighted by Crippen LogP contribution is 2.34. The van der Waals surface area contributed by atoms with Crippen LogP contribution in [0.15, 0.2) is 30.3 Å². The number of halogens is 3. The largest absolute Gasteiger partial charge is 0.433 e. The van der Waals surface area contributed by atoms with Gasteiger partial charge in [-0.3, -0.25) is 9.59 Å². The highest BCUT2D eigenvalue weighted by atomic mass is 19.4. The first kappa shape index (κ1) is 17.0. The molecular weight excluding hydrogens is 337 g/mol. The van der Waals surface area contributed by atoms with Gasteiger partial charge in [-0.25, -0.2) is 4.68 Å². The summed E-state index contributed by atoms with van der Waals surface area (Å²) in [6.07, 6.45) is -4.60. The maximum Gasteiger partial charge on any atom is 0.433 e. The lowest BCUT2D eigenvalue weighted by molar-refractivity contribution is -0.145. The topological polar surface area (TPSA) is 67.2 Å². The number of carbonyl (C=O) groups excluding carboxylic acids is 2. The number of hydrogen-bond acceptors (Lipinski definition) is 3. The number of carbonyl (C=O) groups is 2. The molecule has 3 rings (SSSR count). The van der Waals surface area contributed by atoms with Gasteiger partial charge in [-0.15, -0.1) is 0 Å². The Morgan fingerprint density at radius 3 is 2.64 bits per heavy atom. The Morgan fingerprint density at radius 1 is 1.32 bits per heavy atom. The van der Waals surface area contributed by atoms with Gasteiger partial charge in [0, 0.05) is 25.7 Å². The van der Waals surface area contributed by atoms with Crippen molar-refractivity contribution in [1.29, 1.82) is 0 Å². The van der Waals surface area contributed by atoms with Gasteiger partial charge in [-0.1, -0.05) is 18.2 Å². The summed E-state index contributed by atoms with van der Waals surface area (Å²) in [5.41, 5.74) is -1.06. The van der Waals surface area contributed by atoms with Gasteiger partial charge >= 0.3 is 6.18 Å². The summed E-state index contributed by atoms with van der Waals surface area (Å²) < 4.78 is 40.9. The van der Waals surface area contributed by atoms with Gasteiger partial charge in [0.05, 0.1) is 11.3 Å². The molecule has 0 aliphatic carbocycles.